The standard InChI is InChI=1S/C31H35F3N4O4/c1-20-16-38(21(2)19-39)29(40)15-24-14-26(36-30(41)23-10-12-35-13-11-23)8-9-27(24)42-28(20)18-37(3)17-22-4-6-25(7-5-22)31(32,33)34/h4-14,20-21,28,39H,15-19H2,1-3H3,(H,36,41)/t20-,21-,28+/m0/s1. The molecule has 2 heterocycles. The van der Waals surface area contributed by atoms with E-state index in [1.807, 2.05) is 18.9 Å². The van der Waals surface area contributed by atoms with Crippen molar-refractivity contribution in [1.82, 2.24) is 14.8 Å². The Bertz CT molecular complexity index is 1370. The number of fused-ring (bicyclic) bond motifs is 1. The lowest BCUT2D eigenvalue weighted by Gasteiger charge is -2.34. The fourth-order valence-corrected chi connectivity index (χ4v) is 4.91. The first-order valence-electron chi connectivity index (χ1n) is 13.7. The van der Waals surface area contributed by atoms with Gasteiger partial charge in [0.15, 0.2) is 0 Å². The average molecular weight is 585 g/mol. The van der Waals surface area contributed by atoms with E-state index in [1.54, 1.807) is 42.2 Å². The SMILES string of the molecule is C[C@H]1CN([C@@H](C)CO)C(=O)Cc2cc(NC(=O)c3ccncc3)ccc2O[C@@H]1CN(C)Cc1ccc(C(F)(F)F)cc1. The van der Waals surface area contributed by atoms with Gasteiger partial charge >= 0.3 is 6.18 Å². The van der Waals surface area contributed by atoms with Crippen LogP contribution < -0.4 is 10.1 Å². The van der Waals surface area contributed by atoms with Crippen LogP contribution >= 0.6 is 0 Å². The highest BCUT2D eigenvalue weighted by Crippen LogP contribution is 2.31. The van der Waals surface area contributed by atoms with Gasteiger partial charge in [0.25, 0.3) is 5.91 Å². The molecular formula is C31H35F3N4O4. The van der Waals surface area contributed by atoms with Gasteiger partial charge in [0.2, 0.25) is 5.91 Å². The summed E-state index contributed by atoms with van der Waals surface area (Å²) in [7, 11) is 1.86. The molecule has 0 aliphatic carbocycles. The highest BCUT2D eigenvalue weighted by molar-refractivity contribution is 6.04. The van der Waals surface area contributed by atoms with Crippen molar-refractivity contribution in [3.63, 3.8) is 0 Å². The monoisotopic (exact) mass is 584 g/mol. The second kappa shape index (κ2) is 13.3. The number of aromatic nitrogens is 1. The number of halogens is 3. The number of carbonyl (C=O) groups is 2. The molecule has 0 saturated heterocycles. The highest BCUT2D eigenvalue weighted by Gasteiger charge is 2.32. The summed E-state index contributed by atoms with van der Waals surface area (Å²) in [6, 6.07) is 13.0. The van der Waals surface area contributed by atoms with Crippen molar-refractivity contribution in [3.8, 4) is 5.75 Å². The zero-order valence-electron chi connectivity index (χ0n) is 23.8. The van der Waals surface area contributed by atoms with Gasteiger partial charge in [-0.25, -0.2) is 0 Å². The van der Waals surface area contributed by atoms with E-state index in [9.17, 15) is 27.9 Å². The number of nitrogens with zero attached hydrogens (tertiary/aromatic N) is 3. The second-order valence-corrected chi connectivity index (χ2v) is 10.8. The van der Waals surface area contributed by atoms with Gasteiger partial charge in [-0.1, -0.05) is 19.1 Å². The van der Waals surface area contributed by atoms with Crippen molar-refractivity contribution in [1.29, 1.82) is 0 Å². The van der Waals surface area contributed by atoms with Crippen LogP contribution in [0.1, 0.15) is 40.9 Å². The third-order valence-corrected chi connectivity index (χ3v) is 7.34. The van der Waals surface area contributed by atoms with Gasteiger partial charge in [-0.15, -0.1) is 0 Å². The smallest absolute Gasteiger partial charge is 0.416 e. The number of ether oxygens (including phenoxy) is 1. The summed E-state index contributed by atoms with van der Waals surface area (Å²) in [5, 5.41) is 12.7. The normalized spacial score (nSPS) is 18.4. The first-order valence-corrected chi connectivity index (χ1v) is 13.7. The van der Waals surface area contributed by atoms with E-state index in [1.165, 1.54) is 24.5 Å². The number of likely N-dealkylation sites (N-methyl/N-ethyl adjacent to an activating group) is 1. The predicted octanol–water partition coefficient (Wildman–Crippen LogP) is 4.63. The number of amides is 2. The van der Waals surface area contributed by atoms with Crippen molar-refractivity contribution in [3.05, 3.63) is 89.2 Å². The number of anilines is 1. The molecule has 2 N–H and O–H groups in total. The van der Waals surface area contributed by atoms with Gasteiger partial charge in [-0.05, 0) is 62.0 Å². The molecular weight excluding hydrogens is 549 g/mol. The lowest BCUT2D eigenvalue weighted by Crippen LogP contribution is -2.47. The quantitative estimate of drug-likeness (QED) is 0.401. The minimum absolute atomic E-state index is 0.0134. The summed E-state index contributed by atoms with van der Waals surface area (Å²) in [5.41, 5.74) is 1.55. The zero-order valence-corrected chi connectivity index (χ0v) is 23.8. The largest absolute Gasteiger partial charge is 0.488 e. The summed E-state index contributed by atoms with van der Waals surface area (Å²) < 4.78 is 45.4. The number of alkyl halides is 3. The molecule has 1 aromatic heterocycles. The number of pyridine rings is 1. The molecule has 0 bridgehead atoms. The van der Waals surface area contributed by atoms with Gasteiger partial charge in [0.1, 0.15) is 11.9 Å². The van der Waals surface area contributed by atoms with Gasteiger partial charge in [-0.2, -0.15) is 13.2 Å². The van der Waals surface area contributed by atoms with Crippen molar-refractivity contribution in [2.45, 2.75) is 45.1 Å². The van der Waals surface area contributed by atoms with Gasteiger partial charge in [0.05, 0.1) is 24.6 Å². The van der Waals surface area contributed by atoms with E-state index in [0.717, 1.165) is 17.7 Å². The highest BCUT2D eigenvalue weighted by atomic mass is 19.4. The van der Waals surface area contributed by atoms with Gasteiger partial charge in [0, 0.05) is 54.8 Å². The number of hydrogen-bond acceptors (Lipinski definition) is 6. The van der Waals surface area contributed by atoms with Crippen molar-refractivity contribution in [2.75, 3.05) is 32.1 Å². The van der Waals surface area contributed by atoms with E-state index in [-0.39, 0.29) is 36.9 Å². The molecule has 2 amide bonds. The molecule has 1 aliphatic rings. The fourth-order valence-electron chi connectivity index (χ4n) is 4.91. The summed E-state index contributed by atoms with van der Waals surface area (Å²) >= 11 is 0. The van der Waals surface area contributed by atoms with Crippen LogP contribution in [0.15, 0.2) is 67.0 Å². The minimum atomic E-state index is -4.39. The number of rotatable bonds is 8. The van der Waals surface area contributed by atoms with Crippen molar-refractivity contribution >= 4 is 17.5 Å². The van der Waals surface area contributed by atoms with Crippen LogP contribution in [0.25, 0.3) is 0 Å². The molecule has 8 nitrogen and oxygen atoms in total. The van der Waals surface area contributed by atoms with Crippen LogP contribution in [-0.4, -0.2) is 70.6 Å². The lowest BCUT2D eigenvalue weighted by molar-refractivity contribution is -0.137. The molecule has 0 spiro atoms. The van der Waals surface area contributed by atoms with Crippen molar-refractivity contribution in [2.24, 2.45) is 5.92 Å². The fraction of sp³-hybridized carbons (Fsp3) is 0.387. The molecule has 0 radical (unpaired) electrons. The number of aliphatic hydroxyl groups is 1. The molecule has 1 aliphatic heterocycles. The van der Waals surface area contributed by atoms with E-state index >= 15 is 0 Å². The molecule has 3 aromatic rings. The number of aliphatic hydroxyl groups excluding tert-OH is 1. The maximum absolute atomic E-state index is 13.4. The molecule has 224 valence electrons. The molecule has 2 aromatic carbocycles. The molecule has 4 rings (SSSR count). The number of nitrogens with one attached hydrogen (secondary N) is 1. The van der Waals surface area contributed by atoms with Crippen LogP contribution in [0.3, 0.4) is 0 Å². The second-order valence-electron chi connectivity index (χ2n) is 10.8. The topological polar surface area (TPSA) is 95.0 Å². The Morgan fingerprint density at radius 1 is 1.17 bits per heavy atom. The summed E-state index contributed by atoms with van der Waals surface area (Å²) in [6.07, 6.45) is -1.72. The molecule has 42 heavy (non-hydrogen) atoms. The van der Waals surface area contributed by atoms with Crippen LogP contribution in [0, 0.1) is 5.92 Å². The first-order chi connectivity index (χ1) is 19.9. The van der Waals surface area contributed by atoms with Crippen molar-refractivity contribution < 1.29 is 32.6 Å². The molecule has 0 unspecified atom stereocenters. The zero-order chi connectivity index (χ0) is 30.4. The molecule has 0 saturated carbocycles. The van der Waals surface area contributed by atoms with Crippen LogP contribution in [0.2, 0.25) is 0 Å². The summed E-state index contributed by atoms with van der Waals surface area (Å²) in [5.74, 6) is -0.136. The average Bonchev–Trinajstić information content (AvgIpc) is 3.00. The molecule has 3 atom stereocenters. The Kier molecular flexibility index (Phi) is 9.85. The lowest BCUT2D eigenvalue weighted by atomic mass is 10.0. The van der Waals surface area contributed by atoms with E-state index < -0.39 is 17.8 Å². The third-order valence-electron chi connectivity index (χ3n) is 7.34. The Hall–Kier alpha value is -3.96. The Balaban J connectivity index is 1.57. The predicted molar refractivity (Wildman–Crippen MR) is 152 cm³/mol. The summed E-state index contributed by atoms with van der Waals surface area (Å²) in [6.45, 7) is 4.72. The van der Waals surface area contributed by atoms with Gasteiger partial charge < -0.3 is 20.1 Å². The van der Waals surface area contributed by atoms with Crippen LogP contribution in [0.4, 0.5) is 18.9 Å². The Labute approximate surface area is 243 Å². The van der Waals surface area contributed by atoms with E-state index in [4.69, 9.17) is 4.74 Å². The van der Waals surface area contributed by atoms with Crippen LogP contribution in [-0.2, 0) is 23.9 Å². The first kappa shape index (κ1) is 31.0. The van der Waals surface area contributed by atoms with Crippen LogP contribution in [0.5, 0.6) is 5.75 Å². The third kappa shape index (κ3) is 7.86. The maximum atomic E-state index is 13.4. The Morgan fingerprint density at radius 3 is 2.50 bits per heavy atom. The number of carbonyl (C=O) groups excluding carboxylic acids is 2. The Morgan fingerprint density at radius 2 is 1.86 bits per heavy atom. The summed E-state index contributed by atoms with van der Waals surface area (Å²) in [4.78, 5) is 33.7. The van der Waals surface area contributed by atoms with E-state index in [2.05, 4.69) is 10.3 Å². The maximum Gasteiger partial charge on any atom is 0.416 e. The number of benzene rings is 2. The van der Waals surface area contributed by atoms with Gasteiger partial charge in [-0.3, -0.25) is 19.5 Å². The molecule has 11 heteroatoms. The molecule has 0 fully saturated rings. The number of hydrogen-bond donors (Lipinski definition) is 2. The van der Waals surface area contributed by atoms with E-state index in [0.29, 0.717) is 42.2 Å². The minimum Gasteiger partial charge on any atom is -0.488 e.